The summed E-state index contributed by atoms with van der Waals surface area (Å²) in [6.45, 7) is 2.16. The fraction of sp³-hybridized carbons (Fsp3) is 0.417. The number of methoxy groups -OCH3 is 1. The number of cyclic esters (lactones) is 1. The van der Waals surface area contributed by atoms with Gasteiger partial charge in [0.1, 0.15) is 11.4 Å². The first-order valence-corrected chi connectivity index (χ1v) is 5.18. The summed E-state index contributed by atoms with van der Waals surface area (Å²) >= 11 is 0. The van der Waals surface area contributed by atoms with Crippen molar-refractivity contribution in [2.75, 3.05) is 13.7 Å². The van der Waals surface area contributed by atoms with E-state index in [4.69, 9.17) is 15.2 Å². The van der Waals surface area contributed by atoms with Crippen LogP contribution in [0, 0.1) is 0 Å². The second-order valence-electron chi connectivity index (χ2n) is 4.24. The molecule has 0 bridgehead atoms. The van der Waals surface area contributed by atoms with E-state index in [9.17, 15) is 4.79 Å². The zero-order chi connectivity index (χ0) is 11.8. The van der Waals surface area contributed by atoms with E-state index in [1.807, 2.05) is 13.0 Å². The summed E-state index contributed by atoms with van der Waals surface area (Å²) in [6.07, 6.45) is 0.627. The maximum absolute atomic E-state index is 11.7. The fourth-order valence-electron chi connectivity index (χ4n) is 1.87. The van der Waals surface area contributed by atoms with Gasteiger partial charge in [-0.3, -0.25) is 0 Å². The molecule has 0 saturated carbocycles. The van der Waals surface area contributed by atoms with E-state index in [0.717, 1.165) is 11.3 Å². The first kappa shape index (κ1) is 11.0. The minimum Gasteiger partial charge on any atom is -0.497 e. The van der Waals surface area contributed by atoms with Crippen molar-refractivity contribution in [2.24, 2.45) is 5.73 Å². The average molecular weight is 221 g/mol. The number of carbonyl (C=O) groups excluding carboxylic acids is 1. The van der Waals surface area contributed by atoms with Crippen molar-refractivity contribution >= 4 is 5.97 Å². The molecule has 1 aromatic rings. The first-order chi connectivity index (χ1) is 7.58. The molecular formula is C12H15NO3. The number of esters is 1. The van der Waals surface area contributed by atoms with Crippen molar-refractivity contribution < 1.29 is 14.3 Å². The molecule has 4 nitrogen and oxygen atoms in total. The Morgan fingerprint density at radius 1 is 1.56 bits per heavy atom. The standard InChI is InChI=1S/C12H15NO3/c1-12(7-13)6-8-5-9(15-2)3-4-10(8)11(14)16-12/h3-5H,6-7,13H2,1-2H3. The molecule has 1 heterocycles. The molecule has 1 atom stereocenters. The number of ether oxygens (including phenoxy) is 2. The minimum absolute atomic E-state index is 0.308. The molecule has 0 aromatic heterocycles. The molecule has 0 aliphatic carbocycles. The Morgan fingerprint density at radius 2 is 2.31 bits per heavy atom. The Morgan fingerprint density at radius 3 is 2.94 bits per heavy atom. The molecule has 2 rings (SSSR count). The van der Waals surface area contributed by atoms with E-state index in [-0.39, 0.29) is 5.97 Å². The molecule has 1 unspecified atom stereocenters. The monoisotopic (exact) mass is 221 g/mol. The van der Waals surface area contributed by atoms with Crippen LogP contribution in [0.25, 0.3) is 0 Å². The number of fused-ring (bicyclic) bond motifs is 1. The highest BCUT2D eigenvalue weighted by Gasteiger charge is 2.35. The number of hydrogen-bond donors (Lipinski definition) is 1. The summed E-state index contributed by atoms with van der Waals surface area (Å²) in [5, 5.41) is 0. The van der Waals surface area contributed by atoms with Crippen LogP contribution in [-0.2, 0) is 11.2 Å². The van der Waals surface area contributed by atoms with E-state index in [1.54, 1.807) is 19.2 Å². The van der Waals surface area contributed by atoms with Crippen LogP contribution in [0.5, 0.6) is 5.75 Å². The average Bonchev–Trinajstić information content (AvgIpc) is 2.28. The molecular weight excluding hydrogens is 206 g/mol. The van der Waals surface area contributed by atoms with Crippen LogP contribution < -0.4 is 10.5 Å². The van der Waals surface area contributed by atoms with Gasteiger partial charge in [0, 0.05) is 13.0 Å². The molecule has 1 aliphatic rings. The van der Waals surface area contributed by atoms with E-state index >= 15 is 0 Å². The van der Waals surface area contributed by atoms with Crippen molar-refractivity contribution in [2.45, 2.75) is 18.9 Å². The predicted molar refractivity (Wildman–Crippen MR) is 59.6 cm³/mol. The van der Waals surface area contributed by atoms with E-state index < -0.39 is 5.60 Å². The van der Waals surface area contributed by atoms with Gasteiger partial charge in [0.25, 0.3) is 0 Å². The number of hydrogen-bond acceptors (Lipinski definition) is 4. The third-order valence-electron chi connectivity index (χ3n) is 2.87. The minimum atomic E-state index is -0.601. The van der Waals surface area contributed by atoms with Gasteiger partial charge in [-0.05, 0) is 30.7 Å². The third-order valence-corrected chi connectivity index (χ3v) is 2.87. The van der Waals surface area contributed by atoms with Gasteiger partial charge in [-0.2, -0.15) is 0 Å². The summed E-state index contributed by atoms with van der Waals surface area (Å²) in [4.78, 5) is 11.7. The van der Waals surface area contributed by atoms with Crippen LogP contribution in [0.4, 0.5) is 0 Å². The topological polar surface area (TPSA) is 61.6 Å². The van der Waals surface area contributed by atoms with Gasteiger partial charge in [-0.1, -0.05) is 0 Å². The highest BCUT2D eigenvalue weighted by molar-refractivity contribution is 5.92. The lowest BCUT2D eigenvalue weighted by Crippen LogP contribution is -2.45. The highest BCUT2D eigenvalue weighted by Crippen LogP contribution is 2.29. The van der Waals surface area contributed by atoms with Crippen molar-refractivity contribution in [1.29, 1.82) is 0 Å². The number of benzene rings is 1. The molecule has 1 aliphatic heterocycles. The maximum Gasteiger partial charge on any atom is 0.339 e. The lowest BCUT2D eigenvalue weighted by molar-refractivity contribution is -0.0110. The molecule has 16 heavy (non-hydrogen) atoms. The van der Waals surface area contributed by atoms with Gasteiger partial charge >= 0.3 is 5.97 Å². The van der Waals surface area contributed by atoms with Gasteiger partial charge in [0.05, 0.1) is 12.7 Å². The summed E-state index contributed by atoms with van der Waals surface area (Å²) < 4.78 is 10.5. The molecule has 86 valence electrons. The lowest BCUT2D eigenvalue weighted by Gasteiger charge is -2.33. The molecule has 0 radical (unpaired) electrons. The second-order valence-corrected chi connectivity index (χ2v) is 4.24. The Labute approximate surface area is 94.3 Å². The van der Waals surface area contributed by atoms with Crippen molar-refractivity contribution in [3.63, 3.8) is 0 Å². The van der Waals surface area contributed by atoms with E-state index in [2.05, 4.69) is 0 Å². The normalized spacial score (nSPS) is 23.6. The van der Waals surface area contributed by atoms with Crippen LogP contribution in [0.15, 0.2) is 18.2 Å². The molecule has 0 spiro atoms. The zero-order valence-corrected chi connectivity index (χ0v) is 9.45. The van der Waals surface area contributed by atoms with Crippen molar-refractivity contribution in [3.8, 4) is 5.75 Å². The van der Waals surface area contributed by atoms with E-state index in [0.29, 0.717) is 18.5 Å². The van der Waals surface area contributed by atoms with Crippen LogP contribution in [0.1, 0.15) is 22.8 Å². The zero-order valence-electron chi connectivity index (χ0n) is 9.45. The first-order valence-electron chi connectivity index (χ1n) is 5.18. The molecule has 4 heteroatoms. The fourth-order valence-corrected chi connectivity index (χ4v) is 1.87. The predicted octanol–water partition coefficient (Wildman–Crippen LogP) is 1.13. The summed E-state index contributed by atoms with van der Waals surface area (Å²) in [6, 6.07) is 5.35. The van der Waals surface area contributed by atoms with Crippen LogP contribution >= 0.6 is 0 Å². The quantitative estimate of drug-likeness (QED) is 0.760. The highest BCUT2D eigenvalue weighted by atomic mass is 16.6. The van der Waals surface area contributed by atoms with Gasteiger partial charge in [-0.15, -0.1) is 0 Å². The van der Waals surface area contributed by atoms with Gasteiger partial charge in [0.2, 0.25) is 0 Å². The number of rotatable bonds is 2. The maximum atomic E-state index is 11.7. The Balaban J connectivity index is 2.43. The summed E-state index contributed by atoms with van der Waals surface area (Å²) in [5.74, 6) is 0.435. The van der Waals surface area contributed by atoms with E-state index in [1.165, 1.54) is 0 Å². The SMILES string of the molecule is COc1ccc2c(c1)CC(C)(CN)OC2=O. The largest absolute Gasteiger partial charge is 0.497 e. The number of carbonyl (C=O) groups is 1. The Hall–Kier alpha value is -1.55. The lowest BCUT2D eigenvalue weighted by atomic mass is 9.90. The molecule has 0 saturated heterocycles. The Bertz CT molecular complexity index is 430. The molecule has 0 amide bonds. The van der Waals surface area contributed by atoms with Crippen LogP contribution in [0.3, 0.4) is 0 Å². The number of nitrogens with two attached hydrogens (primary N) is 1. The van der Waals surface area contributed by atoms with Gasteiger partial charge in [0.15, 0.2) is 0 Å². The summed E-state index contributed by atoms with van der Waals surface area (Å²) in [7, 11) is 1.60. The van der Waals surface area contributed by atoms with Crippen LogP contribution in [0.2, 0.25) is 0 Å². The second kappa shape index (κ2) is 3.79. The van der Waals surface area contributed by atoms with Gasteiger partial charge in [-0.25, -0.2) is 4.79 Å². The van der Waals surface area contributed by atoms with Gasteiger partial charge < -0.3 is 15.2 Å². The van der Waals surface area contributed by atoms with Crippen LogP contribution in [-0.4, -0.2) is 25.2 Å². The molecule has 2 N–H and O–H groups in total. The van der Waals surface area contributed by atoms with Crippen molar-refractivity contribution in [3.05, 3.63) is 29.3 Å². The smallest absolute Gasteiger partial charge is 0.339 e. The van der Waals surface area contributed by atoms with Crippen molar-refractivity contribution in [1.82, 2.24) is 0 Å². The summed E-state index contributed by atoms with van der Waals surface area (Å²) in [5.41, 5.74) is 6.56. The molecule has 0 fully saturated rings. The molecule has 1 aromatic carbocycles. The third kappa shape index (κ3) is 1.76. The Kier molecular flexibility index (Phi) is 2.59.